The summed E-state index contributed by atoms with van der Waals surface area (Å²) in [5, 5.41) is 10.3. The van der Waals surface area contributed by atoms with Crippen molar-refractivity contribution in [1.82, 2.24) is 4.90 Å². The summed E-state index contributed by atoms with van der Waals surface area (Å²) in [7, 11) is 0. The quantitative estimate of drug-likeness (QED) is 0.885. The van der Waals surface area contributed by atoms with Crippen molar-refractivity contribution in [3.8, 4) is 17.2 Å². The van der Waals surface area contributed by atoms with Gasteiger partial charge in [0.25, 0.3) is 0 Å². The van der Waals surface area contributed by atoms with Crippen LogP contribution in [0.5, 0.6) is 17.2 Å². The highest BCUT2D eigenvalue weighted by atomic mass is 35.5. The van der Waals surface area contributed by atoms with Crippen molar-refractivity contribution in [2.75, 3.05) is 26.5 Å². The average Bonchev–Trinajstić information content (AvgIpc) is 3.07. The van der Waals surface area contributed by atoms with Crippen LogP contribution in [0.3, 0.4) is 0 Å². The number of hydrogen-bond donors (Lipinski definition) is 1. The molecule has 0 spiro atoms. The monoisotopic (exact) mass is 363 g/mol. The Hall–Kier alpha value is -1.95. The first-order valence-corrected chi connectivity index (χ1v) is 8.27. The van der Waals surface area contributed by atoms with Gasteiger partial charge < -0.3 is 19.3 Å². The molecule has 0 amide bonds. The van der Waals surface area contributed by atoms with Crippen molar-refractivity contribution < 1.29 is 19.3 Å². The summed E-state index contributed by atoms with van der Waals surface area (Å²) in [5.41, 5.74) is 2.77. The normalized spacial score (nSPS) is 16.7. The van der Waals surface area contributed by atoms with Crippen LogP contribution >= 0.6 is 12.4 Å². The minimum Gasteiger partial charge on any atom is -0.491 e. The molecule has 1 atom stereocenters. The van der Waals surface area contributed by atoms with Gasteiger partial charge >= 0.3 is 0 Å². The molecule has 0 aromatic heterocycles. The van der Waals surface area contributed by atoms with Gasteiger partial charge in [0.05, 0.1) is 0 Å². The standard InChI is InChI=1S/C19H21NO4.ClH/c21-16(11-20-8-7-14-3-1-2-4-15(14)10-20)12-22-17-5-6-18-19(9-17)24-13-23-18;/h1-6,9,16,21H,7-8,10-13H2;1H. The molecule has 1 N–H and O–H groups in total. The topological polar surface area (TPSA) is 51.2 Å². The second-order valence-corrected chi connectivity index (χ2v) is 6.23. The molecule has 0 aliphatic carbocycles. The lowest BCUT2D eigenvalue weighted by molar-refractivity contribution is 0.0637. The van der Waals surface area contributed by atoms with Gasteiger partial charge in [0.2, 0.25) is 6.79 Å². The number of aliphatic hydroxyl groups excluding tert-OH is 1. The fraction of sp³-hybridized carbons (Fsp3) is 0.368. The molecule has 134 valence electrons. The van der Waals surface area contributed by atoms with Crippen molar-refractivity contribution >= 4 is 12.4 Å². The Morgan fingerprint density at radius 1 is 1.08 bits per heavy atom. The molecule has 2 aromatic carbocycles. The Kier molecular flexibility index (Phi) is 5.68. The molecule has 2 heterocycles. The van der Waals surface area contributed by atoms with Gasteiger partial charge in [-0.1, -0.05) is 24.3 Å². The summed E-state index contributed by atoms with van der Waals surface area (Å²) in [4.78, 5) is 2.27. The van der Waals surface area contributed by atoms with E-state index >= 15 is 0 Å². The van der Waals surface area contributed by atoms with Crippen LogP contribution in [0, 0.1) is 0 Å². The number of ether oxygens (including phenoxy) is 3. The average molecular weight is 364 g/mol. The Labute approximate surface area is 153 Å². The smallest absolute Gasteiger partial charge is 0.231 e. The van der Waals surface area contributed by atoms with Gasteiger partial charge in [0.1, 0.15) is 18.5 Å². The molecule has 2 aliphatic rings. The van der Waals surface area contributed by atoms with Crippen molar-refractivity contribution in [3.63, 3.8) is 0 Å². The molecule has 1 unspecified atom stereocenters. The lowest BCUT2D eigenvalue weighted by atomic mass is 10.00. The molecule has 0 radical (unpaired) electrons. The molecule has 0 fully saturated rings. The van der Waals surface area contributed by atoms with E-state index in [-0.39, 0.29) is 25.8 Å². The lowest BCUT2D eigenvalue weighted by Crippen LogP contribution is -2.38. The van der Waals surface area contributed by atoms with Crippen LogP contribution in [0.15, 0.2) is 42.5 Å². The van der Waals surface area contributed by atoms with E-state index in [0.29, 0.717) is 18.0 Å². The number of benzene rings is 2. The van der Waals surface area contributed by atoms with Crippen LogP contribution in [-0.2, 0) is 13.0 Å². The Bertz CT molecular complexity index is 724. The summed E-state index contributed by atoms with van der Waals surface area (Å²) in [6.45, 7) is 2.98. The van der Waals surface area contributed by atoms with Crippen molar-refractivity contribution in [1.29, 1.82) is 0 Å². The van der Waals surface area contributed by atoms with Crippen molar-refractivity contribution in [3.05, 3.63) is 53.6 Å². The summed E-state index contributed by atoms with van der Waals surface area (Å²) >= 11 is 0. The first-order valence-electron chi connectivity index (χ1n) is 8.27. The maximum atomic E-state index is 10.3. The SMILES string of the molecule is Cl.OC(COc1ccc2c(c1)OCO2)CN1CCc2ccccc2C1. The fourth-order valence-electron chi connectivity index (χ4n) is 3.22. The molecule has 6 heteroatoms. The predicted molar refractivity (Wildman–Crippen MR) is 96.7 cm³/mol. The number of nitrogens with zero attached hydrogens (tertiary/aromatic N) is 1. The van der Waals surface area contributed by atoms with Gasteiger partial charge in [-0.05, 0) is 29.7 Å². The Balaban J connectivity index is 0.00000182. The molecule has 5 nitrogen and oxygen atoms in total. The molecular formula is C19H22ClNO4. The lowest BCUT2D eigenvalue weighted by Gasteiger charge is -2.30. The van der Waals surface area contributed by atoms with E-state index in [1.165, 1.54) is 11.1 Å². The zero-order chi connectivity index (χ0) is 16.4. The van der Waals surface area contributed by atoms with Crippen LogP contribution in [0.4, 0.5) is 0 Å². The molecule has 0 saturated carbocycles. The van der Waals surface area contributed by atoms with Gasteiger partial charge in [-0.15, -0.1) is 12.4 Å². The number of halogens is 1. The summed E-state index contributed by atoms with van der Waals surface area (Å²) in [6, 6.07) is 14.0. The molecule has 0 bridgehead atoms. The highest BCUT2D eigenvalue weighted by Gasteiger charge is 2.19. The number of rotatable bonds is 5. The Morgan fingerprint density at radius 3 is 2.76 bits per heavy atom. The van der Waals surface area contributed by atoms with Gasteiger partial charge in [0, 0.05) is 25.7 Å². The first-order chi connectivity index (χ1) is 11.8. The van der Waals surface area contributed by atoms with E-state index in [1.54, 1.807) is 6.07 Å². The van der Waals surface area contributed by atoms with Crippen molar-refractivity contribution in [2.24, 2.45) is 0 Å². The Morgan fingerprint density at radius 2 is 1.88 bits per heavy atom. The van der Waals surface area contributed by atoms with Crippen LogP contribution in [-0.4, -0.2) is 42.6 Å². The van der Waals surface area contributed by atoms with Gasteiger partial charge in [0.15, 0.2) is 11.5 Å². The van der Waals surface area contributed by atoms with E-state index in [2.05, 4.69) is 29.2 Å². The minimum atomic E-state index is -0.527. The number of hydrogen-bond acceptors (Lipinski definition) is 5. The third kappa shape index (κ3) is 4.18. The number of β-amino-alcohol motifs (C(OH)–C–C–N with tert-alkyl or cyclic N) is 1. The van der Waals surface area contributed by atoms with Gasteiger partial charge in [-0.25, -0.2) is 0 Å². The summed E-state index contributed by atoms with van der Waals surface area (Å²) in [5.74, 6) is 2.10. The van der Waals surface area contributed by atoms with Crippen LogP contribution < -0.4 is 14.2 Å². The van der Waals surface area contributed by atoms with Gasteiger partial charge in [-0.3, -0.25) is 4.90 Å². The van der Waals surface area contributed by atoms with Crippen LogP contribution in [0.25, 0.3) is 0 Å². The van der Waals surface area contributed by atoms with E-state index in [0.717, 1.165) is 25.3 Å². The second-order valence-electron chi connectivity index (χ2n) is 6.23. The van der Waals surface area contributed by atoms with Crippen LogP contribution in [0.2, 0.25) is 0 Å². The van der Waals surface area contributed by atoms with E-state index in [9.17, 15) is 5.11 Å². The highest BCUT2D eigenvalue weighted by molar-refractivity contribution is 5.85. The number of fused-ring (bicyclic) bond motifs is 2. The van der Waals surface area contributed by atoms with Crippen molar-refractivity contribution in [2.45, 2.75) is 19.1 Å². The first kappa shape index (κ1) is 17.9. The predicted octanol–water partition coefficient (Wildman–Crippen LogP) is 2.64. The molecule has 25 heavy (non-hydrogen) atoms. The molecule has 0 saturated heterocycles. The molecule has 2 aliphatic heterocycles. The second kappa shape index (κ2) is 7.95. The van der Waals surface area contributed by atoms with E-state index < -0.39 is 6.10 Å². The summed E-state index contributed by atoms with van der Waals surface area (Å²) in [6.07, 6.45) is 0.506. The zero-order valence-corrected chi connectivity index (χ0v) is 14.7. The molecule has 4 rings (SSSR count). The largest absolute Gasteiger partial charge is 0.491 e. The third-order valence-corrected chi connectivity index (χ3v) is 4.47. The highest BCUT2D eigenvalue weighted by Crippen LogP contribution is 2.35. The molecular weight excluding hydrogens is 342 g/mol. The van der Waals surface area contributed by atoms with Gasteiger partial charge in [-0.2, -0.15) is 0 Å². The van der Waals surface area contributed by atoms with E-state index in [4.69, 9.17) is 14.2 Å². The summed E-state index contributed by atoms with van der Waals surface area (Å²) < 4.78 is 16.3. The van der Waals surface area contributed by atoms with E-state index in [1.807, 2.05) is 12.1 Å². The minimum absolute atomic E-state index is 0. The maximum Gasteiger partial charge on any atom is 0.231 e. The zero-order valence-electron chi connectivity index (χ0n) is 13.9. The van der Waals surface area contributed by atoms with Crippen LogP contribution in [0.1, 0.15) is 11.1 Å². The number of aliphatic hydroxyl groups is 1. The molecule has 2 aromatic rings. The third-order valence-electron chi connectivity index (χ3n) is 4.47. The maximum absolute atomic E-state index is 10.3. The fourth-order valence-corrected chi connectivity index (χ4v) is 3.22.